The molecular formula is C15H23NO4. The Bertz CT molecular complexity index is 428. The lowest BCUT2D eigenvalue weighted by molar-refractivity contribution is 0.140. The van der Waals surface area contributed by atoms with E-state index < -0.39 is 0 Å². The van der Waals surface area contributed by atoms with Gasteiger partial charge in [-0.3, -0.25) is 4.90 Å². The van der Waals surface area contributed by atoms with Crippen LogP contribution >= 0.6 is 0 Å². The number of ether oxygens (including phenoxy) is 4. The van der Waals surface area contributed by atoms with Gasteiger partial charge in [-0.2, -0.15) is 0 Å². The lowest BCUT2D eigenvalue weighted by atomic mass is 10.1. The van der Waals surface area contributed by atoms with Gasteiger partial charge in [-0.25, -0.2) is 0 Å². The smallest absolute Gasteiger partial charge is 0.203 e. The van der Waals surface area contributed by atoms with Gasteiger partial charge in [-0.05, 0) is 12.5 Å². The van der Waals surface area contributed by atoms with Crippen molar-refractivity contribution in [3.8, 4) is 17.2 Å². The van der Waals surface area contributed by atoms with Crippen LogP contribution in [0.2, 0.25) is 0 Å². The van der Waals surface area contributed by atoms with Gasteiger partial charge in [-0.1, -0.05) is 6.07 Å². The van der Waals surface area contributed by atoms with Crippen LogP contribution in [0.3, 0.4) is 0 Å². The van der Waals surface area contributed by atoms with E-state index in [0.717, 1.165) is 50.6 Å². The fourth-order valence-corrected chi connectivity index (χ4v) is 2.48. The molecule has 1 aromatic rings. The molecule has 20 heavy (non-hydrogen) atoms. The maximum atomic E-state index is 5.52. The van der Waals surface area contributed by atoms with Gasteiger partial charge in [0.2, 0.25) is 5.75 Å². The third-order valence-corrected chi connectivity index (χ3v) is 3.49. The second kappa shape index (κ2) is 7.36. The summed E-state index contributed by atoms with van der Waals surface area (Å²) in [4.78, 5) is 2.37. The van der Waals surface area contributed by atoms with Crippen LogP contribution in [0.25, 0.3) is 0 Å². The predicted molar refractivity (Wildman–Crippen MR) is 76.8 cm³/mol. The Morgan fingerprint density at radius 3 is 2.50 bits per heavy atom. The Kier molecular flexibility index (Phi) is 5.49. The Morgan fingerprint density at radius 2 is 1.80 bits per heavy atom. The molecule has 1 aliphatic rings. The van der Waals surface area contributed by atoms with Gasteiger partial charge in [0, 0.05) is 31.8 Å². The van der Waals surface area contributed by atoms with Crippen molar-refractivity contribution in [2.24, 2.45) is 0 Å². The molecular weight excluding hydrogens is 258 g/mol. The van der Waals surface area contributed by atoms with Gasteiger partial charge in [-0.15, -0.1) is 0 Å². The fraction of sp³-hybridized carbons (Fsp3) is 0.600. The van der Waals surface area contributed by atoms with Gasteiger partial charge in [0.05, 0.1) is 27.9 Å². The van der Waals surface area contributed by atoms with Crippen LogP contribution in [0.1, 0.15) is 12.0 Å². The lowest BCUT2D eigenvalue weighted by Gasteiger charge is -2.22. The normalized spacial score (nSPS) is 16.6. The monoisotopic (exact) mass is 281 g/mol. The van der Waals surface area contributed by atoms with E-state index in [4.69, 9.17) is 18.9 Å². The second-order valence-electron chi connectivity index (χ2n) is 4.74. The van der Waals surface area contributed by atoms with E-state index >= 15 is 0 Å². The van der Waals surface area contributed by atoms with Gasteiger partial charge >= 0.3 is 0 Å². The zero-order valence-electron chi connectivity index (χ0n) is 12.5. The quantitative estimate of drug-likeness (QED) is 0.825. The summed E-state index contributed by atoms with van der Waals surface area (Å²) in [5.41, 5.74) is 1.10. The van der Waals surface area contributed by atoms with E-state index in [1.807, 2.05) is 12.1 Å². The molecule has 0 aliphatic carbocycles. The van der Waals surface area contributed by atoms with Crippen molar-refractivity contribution in [2.45, 2.75) is 13.0 Å². The molecule has 0 N–H and O–H groups in total. The fourth-order valence-electron chi connectivity index (χ4n) is 2.48. The molecule has 0 atom stereocenters. The van der Waals surface area contributed by atoms with Crippen molar-refractivity contribution in [3.05, 3.63) is 17.7 Å². The van der Waals surface area contributed by atoms with E-state index in [1.165, 1.54) is 0 Å². The summed E-state index contributed by atoms with van der Waals surface area (Å²) < 4.78 is 21.7. The molecule has 1 fully saturated rings. The average Bonchev–Trinajstić information content (AvgIpc) is 2.75. The van der Waals surface area contributed by atoms with Crippen molar-refractivity contribution in [1.29, 1.82) is 0 Å². The molecule has 0 radical (unpaired) electrons. The predicted octanol–water partition coefficient (Wildman–Crippen LogP) is 1.93. The first kappa shape index (κ1) is 14.9. The molecule has 1 aromatic carbocycles. The maximum Gasteiger partial charge on any atom is 0.203 e. The van der Waals surface area contributed by atoms with E-state index in [-0.39, 0.29) is 0 Å². The average molecular weight is 281 g/mol. The summed E-state index contributed by atoms with van der Waals surface area (Å²) in [5.74, 6) is 2.09. The lowest BCUT2D eigenvalue weighted by Crippen LogP contribution is -2.26. The Balaban J connectivity index is 2.21. The van der Waals surface area contributed by atoms with Gasteiger partial charge < -0.3 is 18.9 Å². The highest BCUT2D eigenvalue weighted by atomic mass is 16.5. The van der Waals surface area contributed by atoms with E-state index in [2.05, 4.69) is 4.90 Å². The minimum Gasteiger partial charge on any atom is -0.493 e. The Morgan fingerprint density at radius 1 is 1.00 bits per heavy atom. The molecule has 5 nitrogen and oxygen atoms in total. The summed E-state index contributed by atoms with van der Waals surface area (Å²) in [6.45, 7) is 4.44. The summed E-state index contributed by atoms with van der Waals surface area (Å²) >= 11 is 0. The van der Waals surface area contributed by atoms with Crippen LogP contribution in [-0.2, 0) is 11.3 Å². The first-order chi connectivity index (χ1) is 9.80. The van der Waals surface area contributed by atoms with Crippen molar-refractivity contribution in [2.75, 3.05) is 47.6 Å². The highest BCUT2D eigenvalue weighted by molar-refractivity contribution is 5.55. The van der Waals surface area contributed by atoms with Crippen LogP contribution in [-0.4, -0.2) is 52.5 Å². The molecule has 0 aromatic heterocycles. The van der Waals surface area contributed by atoms with Crippen molar-refractivity contribution in [1.82, 2.24) is 4.90 Å². The largest absolute Gasteiger partial charge is 0.493 e. The molecule has 112 valence electrons. The third kappa shape index (κ3) is 3.35. The van der Waals surface area contributed by atoms with Crippen LogP contribution in [0.5, 0.6) is 17.2 Å². The summed E-state index contributed by atoms with van der Waals surface area (Å²) in [7, 11) is 4.92. The highest BCUT2D eigenvalue weighted by Gasteiger charge is 2.18. The van der Waals surface area contributed by atoms with E-state index in [0.29, 0.717) is 11.5 Å². The van der Waals surface area contributed by atoms with Crippen molar-refractivity contribution >= 4 is 0 Å². The van der Waals surface area contributed by atoms with Gasteiger partial charge in [0.1, 0.15) is 0 Å². The zero-order chi connectivity index (χ0) is 14.4. The van der Waals surface area contributed by atoms with Crippen LogP contribution in [0.4, 0.5) is 0 Å². The van der Waals surface area contributed by atoms with Crippen LogP contribution in [0.15, 0.2) is 12.1 Å². The number of hydrogen-bond acceptors (Lipinski definition) is 5. The minimum atomic E-state index is 0.651. The van der Waals surface area contributed by atoms with Crippen molar-refractivity contribution < 1.29 is 18.9 Å². The van der Waals surface area contributed by atoms with E-state index in [9.17, 15) is 0 Å². The first-order valence-electron chi connectivity index (χ1n) is 6.88. The van der Waals surface area contributed by atoms with E-state index in [1.54, 1.807) is 21.3 Å². The molecule has 1 saturated heterocycles. The Hall–Kier alpha value is -1.46. The molecule has 0 spiro atoms. The topological polar surface area (TPSA) is 40.2 Å². The summed E-state index contributed by atoms with van der Waals surface area (Å²) in [5, 5.41) is 0. The highest BCUT2D eigenvalue weighted by Crippen LogP contribution is 2.40. The van der Waals surface area contributed by atoms with Gasteiger partial charge in [0.15, 0.2) is 11.5 Å². The molecule has 0 bridgehead atoms. The molecule has 1 heterocycles. The summed E-state index contributed by atoms with van der Waals surface area (Å²) in [6, 6.07) is 3.96. The number of benzene rings is 1. The number of methoxy groups -OCH3 is 3. The van der Waals surface area contributed by atoms with Crippen molar-refractivity contribution in [3.63, 3.8) is 0 Å². The molecule has 0 unspecified atom stereocenters. The third-order valence-electron chi connectivity index (χ3n) is 3.49. The molecule has 0 saturated carbocycles. The van der Waals surface area contributed by atoms with Crippen LogP contribution < -0.4 is 14.2 Å². The summed E-state index contributed by atoms with van der Waals surface area (Å²) in [6.07, 6.45) is 1.07. The minimum absolute atomic E-state index is 0.651. The van der Waals surface area contributed by atoms with Gasteiger partial charge in [0.25, 0.3) is 0 Å². The number of rotatable bonds is 5. The zero-order valence-corrected chi connectivity index (χ0v) is 12.5. The number of nitrogens with zero attached hydrogens (tertiary/aromatic N) is 1. The molecule has 5 heteroatoms. The van der Waals surface area contributed by atoms with Crippen LogP contribution in [0, 0.1) is 0 Å². The Labute approximate surface area is 120 Å². The molecule has 0 amide bonds. The standard InChI is InChI=1S/C15H23NO4/c1-17-13-6-5-12(14(18-2)15(13)19-3)11-16-7-4-9-20-10-8-16/h5-6H,4,7-11H2,1-3H3. The second-order valence-corrected chi connectivity index (χ2v) is 4.74. The first-order valence-corrected chi connectivity index (χ1v) is 6.88. The SMILES string of the molecule is COc1ccc(CN2CCCOCC2)c(OC)c1OC. The molecule has 2 rings (SSSR count). The number of hydrogen-bond donors (Lipinski definition) is 0. The maximum absolute atomic E-state index is 5.52. The molecule has 1 aliphatic heterocycles.